The van der Waals surface area contributed by atoms with Crippen LogP contribution in [0.15, 0.2) is 24.3 Å². The van der Waals surface area contributed by atoms with Crippen molar-refractivity contribution in [3.05, 3.63) is 39.9 Å². The maximum absolute atomic E-state index is 12.0. The Labute approximate surface area is 124 Å². The predicted molar refractivity (Wildman–Crippen MR) is 80.0 cm³/mol. The summed E-state index contributed by atoms with van der Waals surface area (Å²) in [6.07, 6.45) is 2.67. The van der Waals surface area contributed by atoms with Crippen LogP contribution in [0, 0.1) is 16.0 Å². The molecular formula is C15H21N3O3. The van der Waals surface area contributed by atoms with Crippen molar-refractivity contribution < 1.29 is 9.72 Å². The van der Waals surface area contributed by atoms with Gasteiger partial charge in [0, 0.05) is 18.7 Å². The van der Waals surface area contributed by atoms with Gasteiger partial charge in [0.15, 0.2) is 0 Å². The molecule has 2 rings (SSSR count). The van der Waals surface area contributed by atoms with Gasteiger partial charge >= 0.3 is 0 Å². The molecule has 0 bridgehead atoms. The lowest BCUT2D eigenvalue weighted by atomic mass is 9.94. The van der Waals surface area contributed by atoms with E-state index in [9.17, 15) is 14.9 Å². The van der Waals surface area contributed by atoms with Gasteiger partial charge in [0.1, 0.15) is 0 Å². The zero-order valence-corrected chi connectivity index (χ0v) is 12.2. The Bertz CT molecular complexity index is 501. The number of non-ortho nitro benzene ring substituents is 1. The van der Waals surface area contributed by atoms with Gasteiger partial charge in [0.05, 0.1) is 11.0 Å². The summed E-state index contributed by atoms with van der Waals surface area (Å²) in [6.45, 7) is 3.60. The zero-order chi connectivity index (χ0) is 15.2. The molecule has 1 aliphatic heterocycles. The molecule has 21 heavy (non-hydrogen) atoms. The number of nitrogens with zero attached hydrogens (tertiary/aromatic N) is 1. The molecule has 1 heterocycles. The minimum atomic E-state index is -0.415. The van der Waals surface area contributed by atoms with E-state index in [2.05, 4.69) is 17.6 Å². The van der Waals surface area contributed by atoms with Gasteiger partial charge in [-0.25, -0.2) is 0 Å². The highest BCUT2D eigenvalue weighted by Gasteiger charge is 2.23. The molecular weight excluding hydrogens is 270 g/mol. The van der Waals surface area contributed by atoms with Crippen LogP contribution in [0.1, 0.15) is 25.3 Å². The van der Waals surface area contributed by atoms with Crippen molar-refractivity contribution in [1.29, 1.82) is 0 Å². The van der Waals surface area contributed by atoms with Gasteiger partial charge in [-0.1, -0.05) is 19.1 Å². The molecule has 2 N–H and O–H groups in total. The van der Waals surface area contributed by atoms with Gasteiger partial charge in [-0.3, -0.25) is 14.9 Å². The minimum Gasteiger partial charge on any atom is -0.354 e. The van der Waals surface area contributed by atoms with Crippen molar-refractivity contribution >= 4 is 11.6 Å². The summed E-state index contributed by atoms with van der Waals surface area (Å²) in [7, 11) is 0. The van der Waals surface area contributed by atoms with Crippen LogP contribution in [-0.4, -0.2) is 30.0 Å². The number of benzene rings is 1. The lowest BCUT2D eigenvalue weighted by Crippen LogP contribution is -2.48. The summed E-state index contributed by atoms with van der Waals surface area (Å²) in [5.41, 5.74) is 1.06. The van der Waals surface area contributed by atoms with Crippen molar-refractivity contribution in [2.45, 2.75) is 32.2 Å². The summed E-state index contributed by atoms with van der Waals surface area (Å²) in [5, 5.41) is 16.7. The molecule has 2 unspecified atom stereocenters. The van der Waals surface area contributed by atoms with E-state index >= 15 is 0 Å². The van der Waals surface area contributed by atoms with E-state index in [1.54, 1.807) is 12.1 Å². The molecule has 1 aromatic rings. The largest absolute Gasteiger partial charge is 0.354 e. The number of hydrogen-bond acceptors (Lipinski definition) is 4. The molecule has 1 saturated heterocycles. The Morgan fingerprint density at radius 3 is 2.76 bits per heavy atom. The van der Waals surface area contributed by atoms with Crippen LogP contribution < -0.4 is 10.6 Å². The average Bonchev–Trinajstić information content (AvgIpc) is 2.47. The fourth-order valence-corrected chi connectivity index (χ4v) is 2.54. The molecule has 6 heteroatoms. The highest BCUT2D eigenvalue weighted by Crippen LogP contribution is 2.15. The van der Waals surface area contributed by atoms with Crippen LogP contribution >= 0.6 is 0 Å². The van der Waals surface area contributed by atoms with Crippen LogP contribution in [0.25, 0.3) is 0 Å². The van der Waals surface area contributed by atoms with Crippen LogP contribution in [-0.2, 0) is 11.2 Å². The molecule has 2 atom stereocenters. The number of carbonyl (C=O) groups excluding carboxylic acids is 1. The van der Waals surface area contributed by atoms with Crippen molar-refractivity contribution in [3.63, 3.8) is 0 Å². The number of carbonyl (C=O) groups is 1. The second-order valence-electron chi connectivity index (χ2n) is 5.60. The Kier molecular flexibility index (Phi) is 5.27. The Balaban J connectivity index is 1.75. The highest BCUT2D eigenvalue weighted by molar-refractivity contribution is 5.81. The monoisotopic (exact) mass is 291 g/mol. The molecule has 114 valence electrons. The first-order valence-corrected chi connectivity index (χ1v) is 7.30. The van der Waals surface area contributed by atoms with Gasteiger partial charge in [0.2, 0.25) is 5.91 Å². The molecule has 1 fully saturated rings. The number of nitro benzene ring substituents is 1. The summed E-state index contributed by atoms with van der Waals surface area (Å²) in [4.78, 5) is 22.2. The number of nitrogens with one attached hydrogen (secondary N) is 2. The number of amides is 1. The molecule has 0 aliphatic carbocycles. The van der Waals surface area contributed by atoms with Crippen LogP contribution in [0.3, 0.4) is 0 Å². The predicted octanol–water partition coefficient (Wildman–Crippen LogP) is 1.64. The van der Waals surface area contributed by atoms with Crippen LogP contribution in [0.4, 0.5) is 5.69 Å². The highest BCUT2D eigenvalue weighted by atomic mass is 16.6. The molecule has 0 saturated carbocycles. The third kappa shape index (κ3) is 4.53. The van der Waals surface area contributed by atoms with Gasteiger partial charge in [-0.05, 0) is 37.3 Å². The summed E-state index contributed by atoms with van der Waals surface area (Å²) < 4.78 is 0. The van der Waals surface area contributed by atoms with Gasteiger partial charge < -0.3 is 10.6 Å². The quantitative estimate of drug-likeness (QED) is 0.638. The lowest BCUT2D eigenvalue weighted by Gasteiger charge is -2.27. The van der Waals surface area contributed by atoms with Gasteiger partial charge in [0.25, 0.3) is 5.69 Å². The second-order valence-corrected chi connectivity index (χ2v) is 5.60. The smallest absolute Gasteiger partial charge is 0.269 e. The Hall–Kier alpha value is -1.95. The molecule has 0 aromatic heterocycles. The van der Waals surface area contributed by atoms with E-state index in [0.717, 1.165) is 24.9 Å². The molecule has 0 spiro atoms. The van der Waals surface area contributed by atoms with Crippen LogP contribution in [0.5, 0.6) is 0 Å². The normalized spacial score (nSPS) is 21.8. The van der Waals surface area contributed by atoms with E-state index in [-0.39, 0.29) is 17.6 Å². The zero-order valence-electron chi connectivity index (χ0n) is 12.2. The average molecular weight is 291 g/mol. The van der Waals surface area contributed by atoms with Crippen molar-refractivity contribution in [2.24, 2.45) is 5.92 Å². The molecule has 6 nitrogen and oxygen atoms in total. The first kappa shape index (κ1) is 15.4. The van der Waals surface area contributed by atoms with Gasteiger partial charge in [-0.15, -0.1) is 0 Å². The standard InChI is InChI=1S/C15H21N3O3/c1-11-6-8-16-14(10-11)15(19)17-9-7-12-2-4-13(5-3-12)18(20)21/h2-5,11,14,16H,6-10H2,1H3,(H,17,19). The summed E-state index contributed by atoms with van der Waals surface area (Å²) in [5.74, 6) is 0.625. The van der Waals surface area contributed by atoms with Crippen LogP contribution in [0.2, 0.25) is 0 Å². The Morgan fingerprint density at radius 1 is 1.43 bits per heavy atom. The topological polar surface area (TPSA) is 84.3 Å². The van der Waals surface area contributed by atoms with Gasteiger partial charge in [-0.2, -0.15) is 0 Å². The fourth-order valence-electron chi connectivity index (χ4n) is 2.54. The number of nitro groups is 1. The van der Waals surface area contributed by atoms with E-state index in [1.807, 2.05) is 0 Å². The summed E-state index contributed by atoms with van der Waals surface area (Å²) >= 11 is 0. The lowest BCUT2D eigenvalue weighted by molar-refractivity contribution is -0.384. The first-order chi connectivity index (χ1) is 10.1. The maximum atomic E-state index is 12.0. The van der Waals surface area contributed by atoms with E-state index < -0.39 is 4.92 Å². The van der Waals surface area contributed by atoms with Crippen molar-refractivity contribution in [2.75, 3.05) is 13.1 Å². The number of piperidine rings is 1. The summed E-state index contributed by atoms with van der Waals surface area (Å²) in [6, 6.07) is 6.34. The SMILES string of the molecule is CC1CCNC(C(=O)NCCc2ccc([N+](=O)[O-])cc2)C1. The van der Waals surface area contributed by atoms with E-state index in [0.29, 0.717) is 18.9 Å². The first-order valence-electron chi connectivity index (χ1n) is 7.30. The molecule has 1 aliphatic rings. The molecule has 1 amide bonds. The molecule has 1 aromatic carbocycles. The third-order valence-corrected chi connectivity index (χ3v) is 3.84. The van der Waals surface area contributed by atoms with Crippen molar-refractivity contribution in [1.82, 2.24) is 10.6 Å². The number of hydrogen-bond donors (Lipinski definition) is 2. The van der Waals surface area contributed by atoms with E-state index in [4.69, 9.17) is 0 Å². The number of rotatable bonds is 5. The fraction of sp³-hybridized carbons (Fsp3) is 0.533. The minimum absolute atomic E-state index is 0.0449. The molecule has 0 radical (unpaired) electrons. The maximum Gasteiger partial charge on any atom is 0.269 e. The Morgan fingerprint density at radius 2 is 2.14 bits per heavy atom. The third-order valence-electron chi connectivity index (χ3n) is 3.84. The van der Waals surface area contributed by atoms with E-state index in [1.165, 1.54) is 12.1 Å². The second kappa shape index (κ2) is 7.17. The van der Waals surface area contributed by atoms with Crippen molar-refractivity contribution in [3.8, 4) is 0 Å².